The molecule has 8 nitrogen and oxygen atoms in total. The Bertz CT molecular complexity index is 820. The molecule has 10 heteroatoms. The summed E-state index contributed by atoms with van der Waals surface area (Å²) in [6.07, 6.45) is -0.494. The van der Waals surface area contributed by atoms with Crippen LogP contribution in [-0.2, 0) is 9.53 Å². The molecule has 2 aromatic rings. The molecule has 3 rings (SSSR count). The lowest BCUT2D eigenvalue weighted by Crippen LogP contribution is -2.38. The largest absolute Gasteiger partial charge is 0.467 e. The summed E-state index contributed by atoms with van der Waals surface area (Å²) in [6.45, 7) is 0.173. The minimum absolute atomic E-state index is 0.0407. The minimum Gasteiger partial charge on any atom is -0.467 e. The van der Waals surface area contributed by atoms with Crippen LogP contribution < -0.4 is 10.6 Å². The smallest absolute Gasteiger partial charge is 0.328 e. The number of aromatic nitrogens is 3. The molecular formula is C15H15Cl2N5O3. The number of nitrogens with two attached hydrogens (primary N) is 1. The molecule has 0 spiro atoms. The normalized spacial score (nSPS) is 19.9. The summed E-state index contributed by atoms with van der Waals surface area (Å²) in [5.41, 5.74) is 6.28. The Morgan fingerprint density at radius 1 is 1.36 bits per heavy atom. The van der Waals surface area contributed by atoms with Gasteiger partial charge in [-0.2, -0.15) is 15.0 Å². The van der Waals surface area contributed by atoms with Crippen LogP contribution in [0.2, 0.25) is 10.0 Å². The van der Waals surface area contributed by atoms with Crippen LogP contribution >= 0.6 is 23.2 Å². The van der Waals surface area contributed by atoms with E-state index in [0.717, 1.165) is 0 Å². The molecule has 132 valence electrons. The van der Waals surface area contributed by atoms with Crippen LogP contribution in [0, 0.1) is 0 Å². The average molecular weight is 384 g/mol. The molecule has 2 heterocycles. The number of methoxy groups -OCH3 is 1. The number of carbonyl (C=O) groups is 1. The van der Waals surface area contributed by atoms with Crippen molar-refractivity contribution in [2.45, 2.75) is 18.6 Å². The number of esters is 1. The summed E-state index contributed by atoms with van der Waals surface area (Å²) >= 11 is 12.2. The van der Waals surface area contributed by atoms with Gasteiger partial charge in [-0.05, 0) is 18.2 Å². The molecule has 1 aromatic heterocycles. The molecule has 1 aliphatic rings. The van der Waals surface area contributed by atoms with E-state index in [1.54, 1.807) is 18.2 Å². The molecule has 1 aromatic carbocycles. The number of nitrogens with zero attached hydrogens (tertiary/aromatic N) is 4. The maximum Gasteiger partial charge on any atom is 0.328 e. The fourth-order valence-corrected chi connectivity index (χ4v) is 3.07. The Morgan fingerprint density at radius 2 is 2.12 bits per heavy atom. The molecular weight excluding hydrogens is 369 g/mol. The highest BCUT2D eigenvalue weighted by atomic mass is 35.5. The van der Waals surface area contributed by atoms with Crippen LogP contribution in [0.5, 0.6) is 0 Å². The van der Waals surface area contributed by atoms with Gasteiger partial charge >= 0.3 is 5.97 Å². The Balaban J connectivity index is 2.05. The molecule has 1 fully saturated rings. The van der Waals surface area contributed by atoms with Crippen molar-refractivity contribution in [3.8, 4) is 11.4 Å². The van der Waals surface area contributed by atoms with Gasteiger partial charge in [0.05, 0.1) is 18.2 Å². The van der Waals surface area contributed by atoms with Gasteiger partial charge in [0.15, 0.2) is 5.82 Å². The van der Waals surface area contributed by atoms with E-state index in [4.69, 9.17) is 33.7 Å². The fraction of sp³-hybridized carbons (Fsp3) is 0.333. The van der Waals surface area contributed by atoms with Crippen molar-refractivity contribution in [1.82, 2.24) is 15.0 Å². The zero-order chi connectivity index (χ0) is 18.1. The monoisotopic (exact) mass is 383 g/mol. The number of ether oxygens (including phenoxy) is 1. The number of aliphatic hydroxyl groups excluding tert-OH is 1. The van der Waals surface area contributed by atoms with E-state index in [0.29, 0.717) is 15.6 Å². The van der Waals surface area contributed by atoms with Crippen LogP contribution in [0.1, 0.15) is 6.42 Å². The third-order valence-electron chi connectivity index (χ3n) is 3.82. The summed E-state index contributed by atoms with van der Waals surface area (Å²) in [5, 5.41) is 10.8. The van der Waals surface area contributed by atoms with Gasteiger partial charge in [0, 0.05) is 23.6 Å². The molecule has 0 radical (unpaired) electrons. The summed E-state index contributed by atoms with van der Waals surface area (Å²) in [7, 11) is 1.28. The van der Waals surface area contributed by atoms with Gasteiger partial charge < -0.3 is 20.5 Å². The highest BCUT2D eigenvalue weighted by Crippen LogP contribution is 2.31. The summed E-state index contributed by atoms with van der Waals surface area (Å²) in [6, 6.07) is 4.17. The lowest BCUT2D eigenvalue weighted by atomic mass is 10.2. The molecule has 0 amide bonds. The van der Waals surface area contributed by atoms with E-state index in [2.05, 4.69) is 15.0 Å². The third kappa shape index (κ3) is 3.60. The highest BCUT2D eigenvalue weighted by Gasteiger charge is 2.38. The zero-order valence-corrected chi connectivity index (χ0v) is 14.7. The number of aliphatic hydroxyl groups is 1. The van der Waals surface area contributed by atoms with E-state index in [-0.39, 0.29) is 30.7 Å². The van der Waals surface area contributed by atoms with Gasteiger partial charge in [0.1, 0.15) is 6.04 Å². The first kappa shape index (κ1) is 17.7. The molecule has 3 N–H and O–H groups in total. The fourth-order valence-electron chi connectivity index (χ4n) is 2.69. The molecule has 2 atom stereocenters. The van der Waals surface area contributed by atoms with Gasteiger partial charge in [0.2, 0.25) is 11.9 Å². The van der Waals surface area contributed by atoms with E-state index < -0.39 is 18.1 Å². The summed E-state index contributed by atoms with van der Waals surface area (Å²) in [5.74, 6) is -0.149. The minimum atomic E-state index is -0.708. The first-order valence-corrected chi connectivity index (χ1v) is 8.14. The predicted octanol–water partition coefficient (Wildman–Crippen LogP) is 1.54. The quantitative estimate of drug-likeness (QED) is 0.766. The second-order valence-electron chi connectivity index (χ2n) is 5.52. The van der Waals surface area contributed by atoms with Crippen molar-refractivity contribution >= 4 is 41.1 Å². The number of benzene rings is 1. The van der Waals surface area contributed by atoms with E-state index in [9.17, 15) is 9.90 Å². The molecule has 1 aliphatic heterocycles. The topological polar surface area (TPSA) is 114 Å². The molecule has 25 heavy (non-hydrogen) atoms. The number of rotatable bonds is 3. The van der Waals surface area contributed by atoms with E-state index in [1.807, 2.05) is 0 Å². The van der Waals surface area contributed by atoms with Gasteiger partial charge in [0.25, 0.3) is 0 Å². The first-order chi connectivity index (χ1) is 11.9. The van der Waals surface area contributed by atoms with Crippen molar-refractivity contribution in [3.05, 3.63) is 28.2 Å². The summed E-state index contributed by atoms with van der Waals surface area (Å²) < 4.78 is 4.78. The van der Waals surface area contributed by atoms with Crippen molar-refractivity contribution in [2.24, 2.45) is 0 Å². The number of β-amino-alcohol motifs (C(OH)–C–C–N with tert-alkyl or cyclic N) is 1. The molecule has 0 aliphatic carbocycles. The van der Waals surface area contributed by atoms with Crippen molar-refractivity contribution in [2.75, 3.05) is 24.3 Å². The van der Waals surface area contributed by atoms with Crippen molar-refractivity contribution < 1.29 is 14.6 Å². The second-order valence-corrected chi connectivity index (χ2v) is 6.37. The van der Waals surface area contributed by atoms with Crippen molar-refractivity contribution in [3.63, 3.8) is 0 Å². The lowest BCUT2D eigenvalue weighted by molar-refractivity contribution is -0.142. The lowest BCUT2D eigenvalue weighted by Gasteiger charge is -2.22. The molecule has 0 bridgehead atoms. The van der Waals surface area contributed by atoms with Crippen molar-refractivity contribution in [1.29, 1.82) is 0 Å². The number of anilines is 2. The Morgan fingerprint density at radius 3 is 2.84 bits per heavy atom. The first-order valence-electron chi connectivity index (χ1n) is 7.38. The molecule has 0 saturated carbocycles. The Hall–Kier alpha value is -2.16. The second kappa shape index (κ2) is 6.99. The highest BCUT2D eigenvalue weighted by molar-refractivity contribution is 6.35. The molecule has 1 saturated heterocycles. The number of halogens is 2. The number of nitrogen functional groups attached to an aromatic ring is 1. The van der Waals surface area contributed by atoms with Gasteiger partial charge in [-0.25, -0.2) is 4.79 Å². The van der Waals surface area contributed by atoms with E-state index in [1.165, 1.54) is 12.0 Å². The zero-order valence-electron chi connectivity index (χ0n) is 13.2. The molecule has 0 unspecified atom stereocenters. The van der Waals surface area contributed by atoms with Gasteiger partial charge in [-0.15, -0.1) is 0 Å². The third-order valence-corrected chi connectivity index (χ3v) is 4.38. The number of hydrogen-bond donors (Lipinski definition) is 2. The van der Waals surface area contributed by atoms with Crippen LogP contribution in [0.15, 0.2) is 18.2 Å². The Kier molecular flexibility index (Phi) is 4.94. The van der Waals surface area contributed by atoms with Crippen LogP contribution in [0.25, 0.3) is 11.4 Å². The predicted molar refractivity (Wildman–Crippen MR) is 93.5 cm³/mol. The average Bonchev–Trinajstić information content (AvgIpc) is 2.97. The van der Waals surface area contributed by atoms with Crippen LogP contribution in [0.3, 0.4) is 0 Å². The number of carbonyl (C=O) groups excluding carboxylic acids is 1. The van der Waals surface area contributed by atoms with Gasteiger partial charge in [-0.3, -0.25) is 0 Å². The maximum atomic E-state index is 12.0. The van der Waals surface area contributed by atoms with Crippen LogP contribution in [-0.4, -0.2) is 51.8 Å². The SMILES string of the molecule is COC(=O)[C@@H]1C[C@@H](O)CN1c1nc(N)nc(-c2cc(Cl)ccc2Cl)n1. The number of hydrogen-bond acceptors (Lipinski definition) is 8. The summed E-state index contributed by atoms with van der Waals surface area (Å²) in [4.78, 5) is 26.0. The van der Waals surface area contributed by atoms with Crippen LogP contribution in [0.4, 0.5) is 11.9 Å². The van der Waals surface area contributed by atoms with Gasteiger partial charge in [-0.1, -0.05) is 23.2 Å². The maximum absolute atomic E-state index is 12.0. The Labute approximate surface area is 153 Å². The van der Waals surface area contributed by atoms with E-state index >= 15 is 0 Å². The standard InChI is InChI=1S/C15H15Cl2N5O3/c1-25-13(24)11-5-8(23)6-22(11)15-20-12(19-14(18)21-15)9-4-7(16)2-3-10(9)17/h2-4,8,11,23H,5-6H2,1H3,(H2,18,19,20,21)/t8-,11+/m1/s1.